The summed E-state index contributed by atoms with van der Waals surface area (Å²) in [6.45, 7) is 4.74. The molecule has 0 aliphatic carbocycles. The minimum Gasteiger partial charge on any atom is -0.393 e. The molecule has 0 fully saturated rings. The summed E-state index contributed by atoms with van der Waals surface area (Å²) in [5, 5.41) is 9.14. The summed E-state index contributed by atoms with van der Waals surface area (Å²) >= 11 is 0. The van der Waals surface area contributed by atoms with E-state index in [9.17, 15) is 0 Å². The number of rotatable bonds is 5. The van der Waals surface area contributed by atoms with E-state index in [0.29, 0.717) is 0 Å². The molecule has 14 heavy (non-hydrogen) atoms. The molecule has 0 saturated carbocycles. The van der Waals surface area contributed by atoms with Gasteiger partial charge in [-0.3, -0.25) is 0 Å². The van der Waals surface area contributed by atoms with Gasteiger partial charge in [-0.15, -0.1) is 0 Å². The van der Waals surface area contributed by atoms with Gasteiger partial charge in [-0.1, -0.05) is 6.92 Å². The van der Waals surface area contributed by atoms with Crippen molar-refractivity contribution in [3.63, 3.8) is 0 Å². The van der Waals surface area contributed by atoms with Gasteiger partial charge in [0, 0.05) is 25.0 Å². The Kier molecular flexibility index (Phi) is 4.17. The number of aryl methyl sites for hydroxylation is 1. The maximum absolute atomic E-state index is 9.14. The van der Waals surface area contributed by atoms with Gasteiger partial charge < -0.3 is 15.4 Å². The molecule has 3 heteroatoms. The Morgan fingerprint density at radius 3 is 2.86 bits per heavy atom. The van der Waals surface area contributed by atoms with Crippen molar-refractivity contribution >= 4 is 0 Å². The molecule has 0 bridgehead atoms. The Bertz CT molecular complexity index is 268. The van der Waals surface area contributed by atoms with E-state index >= 15 is 0 Å². The third-order valence-corrected chi connectivity index (χ3v) is 2.45. The third kappa shape index (κ3) is 3.16. The average molecular weight is 196 g/mol. The van der Waals surface area contributed by atoms with E-state index in [4.69, 9.17) is 10.8 Å². The van der Waals surface area contributed by atoms with Gasteiger partial charge in [0.2, 0.25) is 0 Å². The summed E-state index contributed by atoms with van der Waals surface area (Å²) in [6, 6.07) is 2.19. The van der Waals surface area contributed by atoms with Crippen LogP contribution in [0.15, 0.2) is 18.5 Å². The summed E-state index contributed by atoms with van der Waals surface area (Å²) < 4.78 is 2.08. The van der Waals surface area contributed by atoms with Gasteiger partial charge in [0.25, 0.3) is 0 Å². The Labute approximate surface area is 85.5 Å². The Morgan fingerprint density at radius 1 is 1.57 bits per heavy atom. The molecular weight excluding hydrogens is 176 g/mol. The number of aliphatic hydroxyl groups is 1. The summed E-state index contributed by atoms with van der Waals surface area (Å²) in [6.07, 6.45) is 5.60. The van der Waals surface area contributed by atoms with Gasteiger partial charge in [0.1, 0.15) is 0 Å². The molecule has 0 amide bonds. The number of aliphatic hydroxyl groups excluding tert-OH is 1. The third-order valence-electron chi connectivity index (χ3n) is 2.45. The van der Waals surface area contributed by atoms with E-state index in [-0.39, 0.29) is 12.1 Å². The maximum atomic E-state index is 9.14. The Hall–Kier alpha value is -0.800. The monoisotopic (exact) mass is 196 g/mol. The van der Waals surface area contributed by atoms with Crippen LogP contribution in [0.4, 0.5) is 0 Å². The Balaban J connectivity index is 2.50. The van der Waals surface area contributed by atoms with Crippen molar-refractivity contribution in [2.24, 2.45) is 5.73 Å². The van der Waals surface area contributed by atoms with Crippen molar-refractivity contribution < 1.29 is 5.11 Å². The highest BCUT2D eigenvalue weighted by Gasteiger charge is 2.05. The van der Waals surface area contributed by atoms with Crippen LogP contribution in [-0.4, -0.2) is 15.8 Å². The fourth-order valence-corrected chi connectivity index (χ4v) is 1.39. The lowest BCUT2D eigenvalue weighted by Gasteiger charge is -2.06. The molecule has 3 N–H and O–H groups in total. The van der Waals surface area contributed by atoms with Crippen molar-refractivity contribution in [1.29, 1.82) is 0 Å². The van der Waals surface area contributed by atoms with Crippen molar-refractivity contribution in [2.45, 2.75) is 45.4 Å². The molecule has 0 aliphatic heterocycles. The van der Waals surface area contributed by atoms with Crippen LogP contribution in [0.3, 0.4) is 0 Å². The van der Waals surface area contributed by atoms with E-state index in [1.54, 1.807) is 0 Å². The van der Waals surface area contributed by atoms with Gasteiger partial charge in [0.05, 0.1) is 6.10 Å². The molecule has 1 aromatic heterocycles. The highest BCUT2D eigenvalue weighted by molar-refractivity contribution is 5.14. The van der Waals surface area contributed by atoms with Gasteiger partial charge in [0.15, 0.2) is 0 Å². The van der Waals surface area contributed by atoms with Crippen molar-refractivity contribution in [3.05, 3.63) is 24.0 Å². The molecule has 0 saturated heterocycles. The highest BCUT2D eigenvalue weighted by Crippen LogP contribution is 2.14. The van der Waals surface area contributed by atoms with E-state index in [2.05, 4.69) is 23.8 Å². The largest absolute Gasteiger partial charge is 0.393 e. The fraction of sp³-hybridized carbons (Fsp3) is 0.636. The van der Waals surface area contributed by atoms with Crippen molar-refractivity contribution in [2.75, 3.05) is 0 Å². The number of hydrogen-bond donors (Lipinski definition) is 2. The number of aromatic nitrogens is 1. The highest BCUT2D eigenvalue weighted by atomic mass is 16.3. The van der Waals surface area contributed by atoms with Crippen molar-refractivity contribution in [3.8, 4) is 0 Å². The van der Waals surface area contributed by atoms with Gasteiger partial charge in [-0.25, -0.2) is 0 Å². The van der Waals surface area contributed by atoms with Crippen LogP contribution in [0, 0.1) is 0 Å². The van der Waals surface area contributed by atoms with Crippen LogP contribution >= 0.6 is 0 Å². The molecule has 0 radical (unpaired) electrons. The van der Waals surface area contributed by atoms with Crippen LogP contribution in [0.25, 0.3) is 0 Å². The second-order valence-corrected chi connectivity index (χ2v) is 3.84. The lowest BCUT2D eigenvalue weighted by atomic mass is 10.1. The molecule has 0 aliphatic rings. The first-order valence-electron chi connectivity index (χ1n) is 5.22. The van der Waals surface area contributed by atoms with E-state index in [1.807, 2.05) is 13.1 Å². The molecule has 2 atom stereocenters. The molecule has 1 heterocycles. The molecule has 0 spiro atoms. The molecule has 2 unspecified atom stereocenters. The second kappa shape index (κ2) is 5.17. The molecular formula is C11H20N2O. The topological polar surface area (TPSA) is 51.2 Å². The fourth-order valence-electron chi connectivity index (χ4n) is 1.39. The zero-order valence-corrected chi connectivity index (χ0v) is 8.98. The second-order valence-electron chi connectivity index (χ2n) is 3.84. The molecule has 1 rings (SSSR count). The number of hydrogen-bond acceptors (Lipinski definition) is 2. The number of nitrogens with zero attached hydrogens (tertiary/aromatic N) is 1. The first-order valence-corrected chi connectivity index (χ1v) is 5.22. The summed E-state index contributed by atoms with van der Waals surface area (Å²) in [7, 11) is 0. The lowest BCUT2D eigenvalue weighted by Crippen LogP contribution is -2.08. The zero-order chi connectivity index (χ0) is 10.6. The van der Waals surface area contributed by atoms with Gasteiger partial charge in [-0.05, 0) is 31.4 Å². The van der Waals surface area contributed by atoms with E-state index < -0.39 is 0 Å². The van der Waals surface area contributed by atoms with E-state index in [1.165, 1.54) is 5.56 Å². The minimum absolute atomic E-state index is 0.141. The van der Waals surface area contributed by atoms with Crippen LogP contribution in [0.5, 0.6) is 0 Å². The molecule has 3 nitrogen and oxygen atoms in total. The first kappa shape index (κ1) is 11.3. The first-order chi connectivity index (χ1) is 6.63. The predicted molar refractivity (Wildman–Crippen MR) is 57.9 cm³/mol. The summed E-state index contributed by atoms with van der Waals surface area (Å²) in [5.41, 5.74) is 7.08. The molecule has 1 aromatic rings. The standard InChI is InChI=1S/C11H20N2O/c1-3-11(12)10-5-7-13(8-10)6-4-9(2)14/h5,7-9,11,14H,3-4,6,12H2,1-2H3. The zero-order valence-electron chi connectivity index (χ0n) is 8.98. The Morgan fingerprint density at radius 2 is 2.29 bits per heavy atom. The summed E-state index contributed by atoms with van der Waals surface area (Å²) in [4.78, 5) is 0. The van der Waals surface area contributed by atoms with Crippen LogP contribution in [-0.2, 0) is 6.54 Å². The van der Waals surface area contributed by atoms with Crippen LogP contribution in [0.2, 0.25) is 0 Å². The smallest absolute Gasteiger partial charge is 0.0529 e. The average Bonchev–Trinajstić information content (AvgIpc) is 2.62. The molecule has 0 aromatic carbocycles. The van der Waals surface area contributed by atoms with Crippen LogP contribution < -0.4 is 5.73 Å². The van der Waals surface area contributed by atoms with Crippen LogP contribution in [0.1, 0.15) is 38.3 Å². The van der Waals surface area contributed by atoms with Gasteiger partial charge in [-0.2, -0.15) is 0 Å². The predicted octanol–water partition coefficient (Wildman–Crippen LogP) is 1.67. The van der Waals surface area contributed by atoms with E-state index in [0.717, 1.165) is 19.4 Å². The normalized spacial score (nSPS) is 15.4. The minimum atomic E-state index is -0.235. The lowest BCUT2D eigenvalue weighted by molar-refractivity contribution is 0.178. The quantitative estimate of drug-likeness (QED) is 0.752. The summed E-state index contributed by atoms with van der Waals surface area (Å²) in [5.74, 6) is 0. The maximum Gasteiger partial charge on any atom is 0.0529 e. The number of nitrogens with two attached hydrogens (primary N) is 1. The molecule has 80 valence electrons. The SMILES string of the molecule is CCC(N)c1ccn(CCC(C)O)c1. The van der Waals surface area contributed by atoms with Gasteiger partial charge >= 0.3 is 0 Å². The van der Waals surface area contributed by atoms with Crippen molar-refractivity contribution in [1.82, 2.24) is 4.57 Å².